The Bertz CT molecular complexity index is 493. The van der Waals surface area contributed by atoms with Crippen LogP contribution >= 0.6 is 11.3 Å². The zero-order valence-electron chi connectivity index (χ0n) is 12.1. The molecule has 2 amide bonds. The van der Waals surface area contributed by atoms with E-state index in [-0.39, 0.29) is 25.0 Å². The first kappa shape index (κ1) is 16.7. The zero-order valence-corrected chi connectivity index (χ0v) is 12.9. The molecule has 0 bridgehead atoms. The topological polar surface area (TPSA) is 99.1 Å². The standard InChI is InChI=1S/C14H20N2O5S/c17-11(12-2-1-7-22-12)8-10-9-21-6-5-16(10)14(20)15-4-3-13(18)19/h1-2,7,10-11,17H,3-6,8-9H2,(H,15,20)(H,18,19). The molecule has 0 saturated carbocycles. The number of carbonyl (C=O) groups excluding carboxylic acids is 1. The van der Waals surface area contributed by atoms with Gasteiger partial charge in [-0.1, -0.05) is 6.07 Å². The van der Waals surface area contributed by atoms with Crippen LogP contribution in [0.1, 0.15) is 23.8 Å². The molecule has 2 atom stereocenters. The van der Waals surface area contributed by atoms with E-state index < -0.39 is 12.1 Å². The number of aliphatic hydroxyl groups is 1. The van der Waals surface area contributed by atoms with Crippen LogP contribution in [0.3, 0.4) is 0 Å². The minimum Gasteiger partial charge on any atom is -0.481 e. The van der Waals surface area contributed by atoms with Crippen LogP contribution in [-0.2, 0) is 9.53 Å². The smallest absolute Gasteiger partial charge is 0.317 e. The molecule has 1 aromatic rings. The van der Waals surface area contributed by atoms with Gasteiger partial charge in [0.25, 0.3) is 0 Å². The summed E-state index contributed by atoms with van der Waals surface area (Å²) in [7, 11) is 0. The van der Waals surface area contributed by atoms with Crippen molar-refractivity contribution in [3.05, 3.63) is 22.4 Å². The molecule has 0 radical (unpaired) electrons. The molecule has 3 N–H and O–H groups in total. The van der Waals surface area contributed by atoms with Gasteiger partial charge in [-0.05, 0) is 11.4 Å². The number of carbonyl (C=O) groups is 2. The number of thiophene rings is 1. The number of carboxylic acids is 1. The Morgan fingerprint density at radius 1 is 1.55 bits per heavy atom. The highest BCUT2D eigenvalue weighted by atomic mass is 32.1. The van der Waals surface area contributed by atoms with E-state index in [0.717, 1.165) is 4.88 Å². The summed E-state index contributed by atoms with van der Waals surface area (Å²) in [5.41, 5.74) is 0. The molecule has 1 aliphatic heterocycles. The maximum Gasteiger partial charge on any atom is 0.317 e. The molecule has 2 heterocycles. The van der Waals surface area contributed by atoms with Crippen LogP contribution in [0.4, 0.5) is 4.79 Å². The van der Waals surface area contributed by atoms with E-state index in [9.17, 15) is 14.7 Å². The van der Waals surface area contributed by atoms with Crippen molar-refractivity contribution in [2.75, 3.05) is 26.3 Å². The second-order valence-electron chi connectivity index (χ2n) is 5.06. The zero-order chi connectivity index (χ0) is 15.9. The van der Waals surface area contributed by atoms with Crippen LogP contribution in [0, 0.1) is 0 Å². The first-order chi connectivity index (χ1) is 10.6. The summed E-state index contributed by atoms with van der Waals surface area (Å²) in [5, 5.41) is 23.3. The first-order valence-electron chi connectivity index (χ1n) is 7.13. The molecular formula is C14H20N2O5S. The van der Waals surface area contributed by atoms with Gasteiger partial charge >= 0.3 is 12.0 Å². The molecule has 0 aliphatic carbocycles. The fourth-order valence-electron chi connectivity index (χ4n) is 2.35. The number of amides is 2. The molecule has 7 nitrogen and oxygen atoms in total. The Kier molecular flexibility index (Phi) is 6.17. The largest absolute Gasteiger partial charge is 0.481 e. The lowest BCUT2D eigenvalue weighted by Crippen LogP contribution is -2.53. The molecule has 2 rings (SSSR count). The summed E-state index contributed by atoms with van der Waals surface area (Å²) >= 11 is 1.47. The molecule has 1 aromatic heterocycles. The Balaban J connectivity index is 1.89. The predicted molar refractivity (Wildman–Crippen MR) is 80.9 cm³/mol. The minimum absolute atomic E-state index is 0.0890. The van der Waals surface area contributed by atoms with Crippen molar-refractivity contribution in [1.82, 2.24) is 10.2 Å². The van der Waals surface area contributed by atoms with Gasteiger partial charge in [-0.15, -0.1) is 11.3 Å². The number of ether oxygens (including phenoxy) is 1. The fraction of sp³-hybridized carbons (Fsp3) is 0.571. The number of nitrogens with zero attached hydrogens (tertiary/aromatic N) is 1. The second-order valence-corrected chi connectivity index (χ2v) is 6.04. The second kappa shape index (κ2) is 8.11. The highest BCUT2D eigenvalue weighted by Gasteiger charge is 2.29. The van der Waals surface area contributed by atoms with Crippen LogP contribution < -0.4 is 5.32 Å². The third-order valence-electron chi connectivity index (χ3n) is 3.47. The van der Waals surface area contributed by atoms with Crippen LogP contribution in [-0.4, -0.2) is 59.5 Å². The van der Waals surface area contributed by atoms with Crippen molar-refractivity contribution < 1.29 is 24.5 Å². The third kappa shape index (κ3) is 4.69. The maximum atomic E-state index is 12.1. The van der Waals surface area contributed by atoms with E-state index in [1.807, 2.05) is 17.5 Å². The molecule has 0 spiro atoms. The fourth-order valence-corrected chi connectivity index (χ4v) is 3.07. The summed E-state index contributed by atoms with van der Waals surface area (Å²) in [5.74, 6) is -0.952. The molecule has 2 unspecified atom stereocenters. The minimum atomic E-state index is -0.952. The number of hydrogen-bond acceptors (Lipinski definition) is 5. The lowest BCUT2D eigenvalue weighted by Gasteiger charge is -2.36. The maximum absolute atomic E-state index is 12.1. The van der Waals surface area contributed by atoms with Crippen LogP contribution in [0.2, 0.25) is 0 Å². The summed E-state index contributed by atoms with van der Waals surface area (Å²) in [6, 6.07) is 3.19. The molecule has 1 saturated heterocycles. The summed E-state index contributed by atoms with van der Waals surface area (Å²) in [6.45, 7) is 1.33. The first-order valence-corrected chi connectivity index (χ1v) is 8.01. The van der Waals surface area contributed by atoms with Gasteiger partial charge in [-0.25, -0.2) is 4.79 Å². The van der Waals surface area contributed by atoms with Gasteiger partial charge in [0.2, 0.25) is 0 Å². The average Bonchev–Trinajstić information content (AvgIpc) is 3.01. The molecule has 122 valence electrons. The van der Waals surface area contributed by atoms with E-state index in [1.54, 1.807) is 4.90 Å². The molecule has 8 heteroatoms. The van der Waals surface area contributed by atoms with E-state index in [4.69, 9.17) is 9.84 Å². The van der Waals surface area contributed by atoms with Crippen LogP contribution in [0.5, 0.6) is 0 Å². The van der Waals surface area contributed by atoms with Crippen molar-refractivity contribution in [1.29, 1.82) is 0 Å². The molecule has 1 fully saturated rings. The van der Waals surface area contributed by atoms with Gasteiger partial charge in [0, 0.05) is 24.4 Å². The van der Waals surface area contributed by atoms with Crippen molar-refractivity contribution >= 4 is 23.3 Å². The summed E-state index contributed by atoms with van der Waals surface area (Å²) in [4.78, 5) is 25.1. The van der Waals surface area contributed by atoms with Crippen LogP contribution in [0.15, 0.2) is 17.5 Å². The van der Waals surface area contributed by atoms with Gasteiger partial charge in [-0.2, -0.15) is 0 Å². The quantitative estimate of drug-likeness (QED) is 0.725. The summed E-state index contributed by atoms with van der Waals surface area (Å²) in [6.07, 6.45) is -0.355. The Morgan fingerprint density at radius 2 is 2.36 bits per heavy atom. The monoisotopic (exact) mass is 328 g/mol. The number of aliphatic carboxylic acids is 1. The molecule has 1 aliphatic rings. The Labute approximate surface area is 132 Å². The lowest BCUT2D eigenvalue weighted by atomic mass is 10.1. The Morgan fingerprint density at radius 3 is 3.05 bits per heavy atom. The number of hydrogen-bond donors (Lipinski definition) is 3. The van der Waals surface area contributed by atoms with Gasteiger partial charge in [0.1, 0.15) is 0 Å². The number of urea groups is 1. The Hall–Kier alpha value is -1.64. The van der Waals surface area contributed by atoms with E-state index in [0.29, 0.717) is 26.2 Å². The van der Waals surface area contributed by atoms with Crippen molar-refractivity contribution in [2.24, 2.45) is 0 Å². The molecule has 22 heavy (non-hydrogen) atoms. The van der Waals surface area contributed by atoms with E-state index in [1.165, 1.54) is 11.3 Å². The predicted octanol–water partition coefficient (Wildman–Crippen LogP) is 1.06. The van der Waals surface area contributed by atoms with Crippen molar-refractivity contribution in [3.8, 4) is 0 Å². The SMILES string of the molecule is O=C(O)CCNC(=O)N1CCOCC1CC(O)c1cccs1. The molecular weight excluding hydrogens is 308 g/mol. The highest BCUT2D eigenvalue weighted by Crippen LogP contribution is 2.25. The lowest BCUT2D eigenvalue weighted by molar-refractivity contribution is -0.136. The van der Waals surface area contributed by atoms with E-state index >= 15 is 0 Å². The van der Waals surface area contributed by atoms with Gasteiger partial charge < -0.3 is 25.2 Å². The number of nitrogens with one attached hydrogen (secondary N) is 1. The van der Waals surface area contributed by atoms with Crippen molar-refractivity contribution in [3.63, 3.8) is 0 Å². The van der Waals surface area contributed by atoms with Crippen LogP contribution in [0.25, 0.3) is 0 Å². The molecule has 0 aromatic carbocycles. The normalized spacial score (nSPS) is 19.7. The van der Waals surface area contributed by atoms with Gasteiger partial charge in [0.05, 0.1) is 31.8 Å². The van der Waals surface area contributed by atoms with E-state index in [2.05, 4.69) is 5.32 Å². The number of carboxylic acid groups (broad SMARTS) is 1. The average molecular weight is 328 g/mol. The number of morpholine rings is 1. The van der Waals surface area contributed by atoms with Gasteiger partial charge in [-0.3, -0.25) is 4.79 Å². The van der Waals surface area contributed by atoms with Gasteiger partial charge in [0.15, 0.2) is 0 Å². The highest BCUT2D eigenvalue weighted by molar-refractivity contribution is 7.10. The number of aliphatic hydroxyl groups excluding tert-OH is 1. The third-order valence-corrected chi connectivity index (χ3v) is 4.44. The summed E-state index contributed by atoms with van der Waals surface area (Å²) < 4.78 is 5.40. The van der Waals surface area contributed by atoms with Crippen molar-refractivity contribution in [2.45, 2.75) is 25.0 Å². The number of rotatable bonds is 6.